The van der Waals surface area contributed by atoms with E-state index in [1.807, 2.05) is 11.3 Å². The van der Waals surface area contributed by atoms with Crippen molar-refractivity contribution in [1.29, 1.82) is 0 Å². The number of nitrogens with zero attached hydrogens (tertiary/aromatic N) is 2. The molecule has 0 atom stereocenters. The summed E-state index contributed by atoms with van der Waals surface area (Å²) in [6.07, 6.45) is 0. The fourth-order valence-electron chi connectivity index (χ4n) is 8.46. The van der Waals surface area contributed by atoms with E-state index < -0.39 is 0 Å². The lowest BCUT2D eigenvalue weighted by Gasteiger charge is -2.28. The van der Waals surface area contributed by atoms with Crippen LogP contribution >= 0.6 is 11.3 Å². The van der Waals surface area contributed by atoms with Gasteiger partial charge in [0.05, 0.1) is 0 Å². The molecular formula is C53H40N2S. The first-order valence-corrected chi connectivity index (χ1v) is 20.1. The largest absolute Gasteiger partial charge is 0.311 e. The Labute approximate surface area is 333 Å². The smallest absolute Gasteiger partial charge is 0.0465 e. The maximum Gasteiger partial charge on any atom is 0.0465 e. The molecule has 8 aromatic carbocycles. The zero-order valence-electron chi connectivity index (χ0n) is 31.4. The van der Waals surface area contributed by atoms with Crippen molar-refractivity contribution in [3.63, 3.8) is 0 Å². The van der Waals surface area contributed by atoms with E-state index >= 15 is 0 Å². The SMILES string of the molecule is CC1(C)c2cc(N(c3ccc(-c4ccccc4)cc3)c3ccc(-c4ccc(N(c5ccccc5)c5ccccc5)cc4)cc3)ccc2-c2sc3ccccc3c21. The molecule has 1 heterocycles. The van der Waals surface area contributed by atoms with Gasteiger partial charge in [-0.3, -0.25) is 0 Å². The summed E-state index contributed by atoms with van der Waals surface area (Å²) in [5, 5.41) is 1.38. The lowest BCUT2D eigenvalue weighted by Crippen LogP contribution is -2.16. The number of para-hydroxylation sites is 2. The van der Waals surface area contributed by atoms with Gasteiger partial charge >= 0.3 is 0 Å². The molecule has 268 valence electrons. The second kappa shape index (κ2) is 13.9. The van der Waals surface area contributed by atoms with E-state index in [1.54, 1.807) is 0 Å². The van der Waals surface area contributed by atoms with Crippen LogP contribution in [0.1, 0.15) is 25.0 Å². The molecule has 0 spiro atoms. The summed E-state index contributed by atoms with van der Waals surface area (Å²) in [6, 6.07) is 74.6. The summed E-state index contributed by atoms with van der Waals surface area (Å²) < 4.78 is 1.36. The Morgan fingerprint density at radius 2 is 0.768 bits per heavy atom. The lowest BCUT2D eigenvalue weighted by atomic mass is 9.81. The molecule has 56 heavy (non-hydrogen) atoms. The summed E-state index contributed by atoms with van der Waals surface area (Å²) in [5.74, 6) is 0. The first-order chi connectivity index (χ1) is 27.5. The summed E-state index contributed by atoms with van der Waals surface area (Å²) in [6.45, 7) is 4.77. The van der Waals surface area contributed by atoms with Gasteiger partial charge in [0.15, 0.2) is 0 Å². The van der Waals surface area contributed by atoms with Gasteiger partial charge in [-0.25, -0.2) is 0 Å². The molecule has 0 aliphatic heterocycles. The number of hydrogen-bond donors (Lipinski definition) is 0. The van der Waals surface area contributed by atoms with E-state index in [9.17, 15) is 0 Å². The highest BCUT2D eigenvalue weighted by atomic mass is 32.1. The summed E-state index contributed by atoms with van der Waals surface area (Å²) in [5.41, 5.74) is 15.6. The third-order valence-electron chi connectivity index (χ3n) is 11.2. The van der Waals surface area contributed by atoms with Gasteiger partial charge in [0, 0.05) is 49.1 Å². The van der Waals surface area contributed by atoms with E-state index in [4.69, 9.17) is 0 Å². The maximum atomic E-state index is 2.43. The molecule has 0 fully saturated rings. The zero-order valence-corrected chi connectivity index (χ0v) is 32.2. The molecule has 1 aliphatic rings. The number of anilines is 6. The summed E-state index contributed by atoms with van der Waals surface area (Å²) in [4.78, 5) is 6.11. The van der Waals surface area contributed by atoms with Crippen molar-refractivity contribution in [3.05, 3.63) is 217 Å². The van der Waals surface area contributed by atoms with Crippen LogP contribution in [0.3, 0.4) is 0 Å². The van der Waals surface area contributed by atoms with Crippen molar-refractivity contribution in [2.24, 2.45) is 0 Å². The molecule has 0 N–H and O–H groups in total. The topological polar surface area (TPSA) is 6.48 Å². The van der Waals surface area contributed by atoms with Crippen molar-refractivity contribution in [3.8, 4) is 32.7 Å². The van der Waals surface area contributed by atoms with Gasteiger partial charge in [-0.2, -0.15) is 0 Å². The van der Waals surface area contributed by atoms with Gasteiger partial charge in [-0.15, -0.1) is 11.3 Å². The molecule has 2 nitrogen and oxygen atoms in total. The average Bonchev–Trinajstić information content (AvgIpc) is 3.76. The van der Waals surface area contributed by atoms with Crippen LogP contribution in [0.5, 0.6) is 0 Å². The Balaban J connectivity index is 1.02. The number of thiophene rings is 1. The van der Waals surface area contributed by atoms with Crippen LogP contribution in [0.2, 0.25) is 0 Å². The molecule has 0 amide bonds. The van der Waals surface area contributed by atoms with Crippen LogP contribution < -0.4 is 9.80 Å². The standard InChI is InChI=1S/C53H40N2S/c1-53(2)49-36-46(34-35-47(49)52-51(53)48-20-12-13-21-50(48)56-52)55(44-30-22-38(23-31-44)37-14-6-3-7-15-37)45-32-26-40(27-33-45)39-24-28-43(29-25-39)54(41-16-8-4-9-17-41)42-18-10-5-11-19-42/h3-36H,1-2H3. The normalized spacial score (nSPS) is 12.6. The fourth-order valence-corrected chi connectivity index (χ4v) is 9.87. The molecule has 0 saturated carbocycles. The van der Waals surface area contributed by atoms with Crippen LogP contribution in [0.4, 0.5) is 34.1 Å². The lowest BCUT2D eigenvalue weighted by molar-refractivity contribution is 0.667. The molecule has 9 aromatic rings. The van der Waals surface area contributed by atoms with Gasteiger partial charge in [0.2, 0.25) is 0 Å². The van der Waals surface area contributed by atoms with Gasteiger partial charge in [0.25, 0.3) is 0 Å². The second-order valence-corrected chi connectivity index (χ2v) is 16.1. The van der Waals surface area contributed by atoms with Gasteiger partial charge in [0.1, 0.15) is 0 Å². The highest BCUT2D eigenvalue weighted by Crippen LogP contribution is 2.56. The van der Waals surface area contributed by atoms with Crippen LogP contribution in [0.25, 0.3) is 42.8 Å². The van der Waals surface area contributed by atoms with Crippen molar-refractivity contribution in [2.75, 3.05) is 9.80 Å². The van der Waals surface area contributed by atoms with E-state index in [0.717, 1.165) is 34.1 Å². The van der Waals surface area contributed by atoms with E-state index in [2.05, 4.69) is 230 Å². The Kier molecular flexibility index (Phi) is 8.39. The number of fused-ring (bicyclic) bond motifs is 5. The maximum absolute atomic E-state index is 2.43. The summed E-state index contributed by atoms with van der Waals surface area (Å²) in [7, 11) is 0. The predicted molar refractivity (Wildman–Crippen MR) is 240 cm³/mol. The van der Waals surface area contributed by atoms with Crippen molar-refractivity contribution >= 4 is 55.5 Å². The zero-order chi connectivity index (χ0) is 37.6. The molecule has 1 aromatic heterocycles. The van der Waals surface area contributed by atoms with Crippen LogP contribution in [-0.2, 0) is 5.41 Å². The van der Waals surface area contributed by atoms with Crippen LogP contribution in [-0.4, -0.2) is 0 Å². The highest BCUT2D eigenvalue weighted by molar-refractivity contribution is 7.22. The number of benzene rings is 8. The molecule has 0 saturated heterocycles. The minimum Gasteiger partial charge on any atom is -0.311 e. The molecule has 3 heteroatoms. The van der Waals surface area contributed by atoms with Crippen molar-refractivity contribution in [2.45, 2.75) is 19.3 Å². The number of hydrogen-bond acceptors (Lipinski definition) is 3. The Hall–Kier alpha value is -6.68. The van der Waals surface area contributed by atoms with Crippen LogP contribution in [0.15, 0.2) is 206 Å². The first kappa shape index (κ1) is 33.9. The average molecular weight is 737 g/mol. The predicted octanol–water partition coefficient (Wildman–Crippen LogP) is 15.5. The Bertz CT molecular complexity index is 2750. The molecule has 1 aliphatic carbocycles. The molecule has 0 unspecified atom stereocenters. The Morgan fingerprint density at radius 1 is 0.375 bits per heavy atom. The molecule has 10 rings (SSSR count). The van der Waals surface area contributed by atoms with Crippen molar-refractivity contribution < 1.29 is 0 Å². The van der Waals surface area contributed by atoms with Crippen molar-refractivity contribution in [1.82, 2.24) is 0 Å². The third kappa shape index (κ3) is 5.89. The monoisotopic (exact) mass is 736 g/mol. The van der Waals surface area contributed by atoms with Gasteiger partial charge in [-0.05, 0) is 123 Å². The number of rotatable bonds is 8. The minimum atomic E-state index is -0.115. The quantitative estimate of drug-likeness (QED) is 0.153. The van der Waals surface area contributed by atoms with Crippen LogP contribution in [0, 0.1) is 0 Å². The minimum absolute atomic E-state index is 0.115. The fraction of sp³-hybridized carbons (Fsp3) is 0.0566. The molecular weight excluding hydrogens is 697 g/mol. The third-order valence-corrected chi connectivity index (χ3v) is 12.4. The van der Waals surface area contributed by atoms with Gasteiger partial charge in [-0.1, -0.05) is 141 Å². The van der Waals surface area contributed by atoms with E-state index in [0.29, 0.717) is 0 Å². The summed E-state index contributed by atoms with van der Waals surface area (Å²) >= 11 is 1.92. The molecule has 0 bridgehead atoms. The second-order valence-electron chi connectivity index (χ2n) is 15.0. The molecule has 0 radical (unpaired) electrons. The first-order valence-electron chi connectivity index (χ1n) is 19.3. The van der Waals surface area contributed by atoms with E-state index in [1.165, 1.54) is 53.9 Å². The highest BCUT2D eigenvalue weighted by Gasteiger charge is 2.39. The van der Waals surface area contributed by atoms with Gasteiger partial charge < -0.3 is 9.80 Å². The Morgan fingerprint density at radius 3 is 1.29 bits per heavy atom. The van der Waals surface area contributed by atoms with E-state index in [-0.39, 0.29) is 5.41 Å².